The molecule has 0 spiro atoms. The third-order valence-electron chi connectivity index (χ3n) is 4.71. The summed E-state index contributed by atoms with van der Waals surface area (Å²) in [7, 11) is 0. The Morgan fingerprint density at radius 1 is 1.32 bits per heavy atom. The van der Waals surface area contributed by atoms with Crippen LogP contribution in [0.2, 0.25) is 0 Å². The second kappa shape index (κ2) is 5.21. The maximum Gasteiger partial charge on any atom is 0.249 e. The van der Waals surface area contributed by atoms with Gasteiger partial charge in [0.15, 0.2) is 5.82 Å². The SMILES string of the molecule is CCC1CCC(c2noc(C3(N)CCOC3)n2)CC1. The summed E-state index contributed by atoms with van der Waals surface area (Å²) in [6, 6.07) is 0. The van der Waals surface area contributed by atoms with E-state index >= 15 is 0 Å². The van der Waals surface area contributed by atoms with E-state index in [2.05, 4.69) is 17.1 Å². The fraction of sp³-hybridized carbons (Fsp3) is 0.857. The normalized spacial score (nSPS) is 35.7. The van der Waals surface area contributed by atoms with Gasteiger partial charge >= 0.3 is 0 Å². The van der Waals surface area contributed by atoms with Crippen molar-refractivity contribution in [3.8, 4) is 0 Å². The number of hydrogen-bond donors (Lipinski definition) is 1. The lowest BCUT2D eigenvalue weighted by Gasteiger charge is -2.25. The molecule has 1 aliphatic heterocycles. The zero-order valence-corrected chi connectivity index (χ0v) is 11.6. The molecule has 5 heteroatoms. The van der Waals surface area contributed by atoms with E-state index in [-0.39, 0.29) is 0 Å². The first-order valence-electron chi connectivity index (χ1n) is 7.42. The van der Waals surface area contributed by atoms with Crippen LogP contribution in [0.4, 0.5) is 0 Å². The van der Waals surface area contributed by atoms with Crippen molar-refractivity contribution in [2.24, 2.45) is 11.7 Å². The highest BCUT2D eigenvalue weighted by molar-refractivity contribution is 5.07. The molecule has 3 rings (SSSR count). The predicted molar refractivity (Wildman–Crippen MR) is 70.6 cm³/mol. The molecule has 5 nitrogen and oxygen atoms in total. The van der Waals surface area contributed by atoms with E-state index in [9.17, 15) is 0 Å². The van der Waals surface area contributed by atoms with Gasteiger partial charge in [0.2, 0.25) is 5.89 Å². The highest BCUT2D eigenvalue weighted by atomic mass is 16.5. The Bertz CT molecular complexity index is 418. The van der Waals surface area contributed by atoms with Crippen molar-refractivity contribution >= 4 is 0 Å². The molecule has 2 fully saturated rings. The third-order valence-corrected chi connectivity index (χ3v) is 4.71. The molecule has 0 bridgehead atoms. The van der Waals surface area contributed by atoms with Crippen molar-refractivity contribution in [3.05, 3.63) is 11.7 Å². The lowest BCUT2D eigenvalue weighted by Crippen LogP contribution is -2.37. The lowest BCUT2D eigenvalue weighted by molar-refractivity contribution is 0.166. The summed E-state index contributed by atoms with van der Waals surface area (Å²) >= 11 is 0. The maximum atomic E-state index is 6.25. The fourth-order valence-corrected chi connectivity index (χ4v) is 3.18. The summed E-state index contributed by atoms with van der Waals surface area (Å²) in [5.41, 5.74) is 5.68. The van der Waals surface area contributed by atoms with Crippen molar-refractivity contribution in [1.82, 2.24) is 10.1 Å². The van der Waals surface area contributed by atoms with Gasteiger partial charge < -0.3 is 15.0 Å². The Balaban J connectivity index is 1.68. The summed E-state index contributed by atoms with van der Waals surface area (Å²) in [5.74, 6) is 2.73. The molecular weight excluding hydrogens is 242 g/mol. The van der Waals surface area contributed by atoms with Gasteiger partial charge in [-0.25, -0.2) is 0 Å². The van der Waals surface area contributed by atoms with Crippen LogP contribution in [0, 0.1) is 5.92 Å². The molecule has 0 aromatic carbocycles. The van der Waals surface area contributed by atoms with Crippen LogP contribution in [0.25, 0.3) is 0 Å². The molecule has 1 saturated carbocycles. The number of hydrogen-bond acceptors (Lipinski definition) is 5. The quantitative estimate of drug-likeness (QED) is 0.908. The summed E-state index contributed by atoms with van der Waals surface area (Å²) in [5, 5.41) is 4.16. The molecule has 0 radical (unpaired) electrons. The summed E-state index contributed by atoms with van der Waals surface area (Å²) in [4.78, 5) is 4.56. The molecule has 0 amide bonds. The van der Waals surface area contributed by atoms with Crippen molar-refractivity contribution in [2.75, 3.05) is 13.2 Å². The van der Waals surface area contributed by atoms with Gasteiger partial charge in [-0.1, -0.05) is 18.5 Å². The average Bonchev–Trinajstić information content (AvgIpc) is 3.08. The third kappa shape index (κ3) is 2.54. The lowest BCUT2D eigenvalue weighted by atomic mass is 9.80. The molecule has 1 saturated heterocycles. The van der Waals surface area contributed by atoms with Gasteiger partial charge in [0.05, 0.1) is 6.61 Å². The summed E-state index contributed by atoms with van der Waals surface area (Å²) in [6.07, 6.45) is 6.95. The van der Waals surface area contributed by atoms with Gasteiger partial charge in [0.1, 0.15) is 5.54 Å². The standard InChI is InChI=1S/C14H23N3O2/c1-2-10-3-5-11(6-4-10)12-16-13(19-17-12)14(15)7-8-18-9-14/h10-11H,2-9,15H2,1H3. The van der Waals surface area contributed by atoms with Crippen LogP contribution in [-0.4, -0.2) is 23.4 Å². The Morgan fingerprint density at radius 3 is 2.74 bits per heavy atom. The molecule has 2 heterocycles. The first kappa shape index (κ1) is 13.1. The minimum atomic E-state index is -0.564. The van der Waals surface area contributed by atoms with Gasteiger partial charge in [-0.15, -0.1) is 0 Å². The number of aromatic nitrogens is 2. The van der Waals surface area contributed by atoms with E-state index in [1.54, 1.807) is 0 Å². The Morgan fingerprint density at radius 2 is 2.11 bits per heavy atom. The van der Waals surface area contributed by atoms with Gasteiger partial charge in [-0.2, -0.15) is 4.98 Å². The van der Waals surface area contributed by atoms with E-state index in [0.717, 1.165) is 18.2 Å². The summed E-state index contributed by atoms with van der Waals surface area (Å²) < 4.78 is 10.7. The van der Waals surface area contributed by atoms with Crippen LogP contribution in [0.1, 0.15) is 63.1 Å². The number of nitrogens with two attached hydrogens (primary N) is 1. The molecule has 1 unspecified atom stereocenters. The van der Waals surface area contributed by atoms with Crippen LogP contribution in [0.15, 0.2) is 4.52 Å². The topological polar surface area (TPSA) is 74.2 Å². The predicted octanol–water partition coefficient (Wildman–Crippen LogP) is 2.33. The van der Waals surface area contributed by atoms with Crippen LogP contribution in [-0.2, 0) is 10.3 Å². The van der Waals surface area contributed by atoms with E-state index in [0.29, 0.717) is 25.0 Å². The zero-order valence-electron chi connectivity index (χ0n) is 11.6. The highest BCUT2D eigenvalue weighted by Crippen LogP contribution is 2.36. The van der Waals surface area contributed by atoms with Crippen LogP contribution in [0.3, 0.4) is 0 Å². The second-order valence-corrected chi connectivity index (χ2v) is 6.04. The van der Waals surface area contributed by atoms with Crippen LogP contribution >= 0.6 is 0 Å². The minimum Gasteiger partial charge on any atom is -0.379 e. The largest absolute Gasteiger partial charge is 0.379 e. The molecule has 2 aliphatic rings. The molecular formula is C14H23N3O2. The molecule has 2 N–H and O–H groups in total. The van der Waals surface area contributed by atoms with E-state index < -0.39 is 5.54 Å². The van der Waals surface area contributed by atoms with Crippen molar-refractivity contribution < 1.29 is 9.26 Å². The number of rotatable bonds is 3. The number of nitrogens with zero attached hydrogens (tertiary/aromatic N) is 2. The van der Waals surface area contributed by atoms with Gasteiger partial charge in [0.25, 0.3) is 0 Å². The zero-order chi connectivity index (χ0) is 13.3. The average molecular weight is 265 g/mol. The van der Waals surface area contributed by atoms with Gasteiger partial charge in [-0.05, 0) is 38.0 Å². The van der Waals surface area contributed by atoms with E-state index in [1.807, 2.05) is 0 Å². The Labute approximate surface area is 113 Å². The molecule has 1 aromatic rings. The van der Waals surface area contributed by atoms with E-state index in [1.165, 1.54) is 32.1 Å². The van der Waals surface area contributed by atoms with Crippen molar-refractivity contribution in [3.63, 3.8) is 0 Å². The molecule has 1 aliphatic carbocycles. The summed E-state index contributed by atoms with van der Waals surface area (Å²) in [6.45, 7) is 3.43. The molecule has 19 heavy (non-hydrogen) atoms. The molecule has 1 atom stereocenters. The fourth-order valence-electron chi connectivity index (χ4n) is 3.18. The smallest absolute Gasteiger partial charge is 0.249 e. The monoisotopic (exact) mass is 265 g/mol. The van der Waals surface area contributed by atoms with Crippen LogP contribution in [0.5, 0.6) is 0 Å². The number of ether oxygens (including phenoxy) is 1. The van der Waals surface area contributed by atoms with Crippen molar-refractivity contribution in [2.45, 2.75) is 56.9 Å². The van der Waals surface area contributed by atoms with E-state index in [4.69, 9.17) is 15.0 Å². The molecule has 106 valence electrons. The first-order valence-corrected chi connectivity index (χ1v) is 7.42. The van der Waals surface area contributed by atoms with Crippen LogP contribution < -0.4 is 5.73 Å². The first-order chi connectivity index (χ1) is 9.21. The maximum absolute atomic E-state index is 6.25. The van der Waals surface area contributed by atoms with Gasteiger partial charge in [0, 0.05) is 12.5 Å². The second-order valence-electron chi connectivity index (χ2n) is 6.04. The minimum absolute atomic E-state index is 0.450. The van der Waals surface area contributed by atoms with Crippen molar-refractivity contribution in [1.29, 1.82) is 0 Å². The molecule has 1 aromatic heterocycles. The Hall–Kier alpha value is -0.940. The Kier molecular flexibility index (Phi) is 3.58. The van der Waals surface area contributed by atoms with Gasteiger partial charge in [-0.3, -0.25) is 0 Å². The highest BCUT2D eigenvalue weighted by Gasteiger charge is 2.38.